The standard InChI is InChI=1S/C18H26N2O7.C7H8/c1-5-9-25-10-7-12(2)26-15(22)11-20-18(23)16-17(27-13(3)21)14(24-4)6-8-19-16;1-7-5-3-2-4-6-7/h6,8,12H,5,7,9-11H2,1-4H3,(H,20,23);2-6H,1H3. The molecular weight excluding hydrogens is 440 g/mol. The number of benzene rings is 1. The van der Waals surface area contributed by atoms with Crippen LogP contribution in [0.3, 0.4) is 0 Å². The van der Waals surface area contributed by atoms with Crippen molar-refractivity contribution < 1.29 is 33.3 Å². The highest BCUT2D eigenvalue weighted by atomic mass is 16.6. The molecule has 0 aliphatic heterocycles. The van der Waals surface area contributed by atoms with Crippen LogP contribution in [0.1, 0.15) is 49.7 Å². The first-order valence-corrected chi connectivity index (χ1v) is 11.1. The van der Waals surface area contributed by atoms with Crippen LogP contribution in [0.2, 0.25) is 0 Å². The van der Waals surface area contributed by atoms with Crippen LogP contribution in [0.5, 0.6) is 11.5 Å². The highest BCUT2D eigenvalue weighted by molar-refractivity contribution is 5.98. The van der Waals surface area contributed by atoms with Crippen LogP contribution >= 0.6 is 0 Å². The van der Waals surface area contributed by atoms with Crippen LogP contribution < -0.4 is 14.8 Å². The van der Waals surface area contributed by atoms with Crippen molar-refractivity contribution in [2.24, 2.45) is 0 Å². The molecule has 0 bridgehead atoms. The normalized spacial score (nSPS) is 10.9. The number of esters is 2. The third-order valence-electron chi connectivity index (χ3n) is 4.23. The number of aryl methyl sites for hydroxylation is 1. The third-order valence-corrected chi connectivity index (χ3v) is 4.23. The average Bonchev–Trinajstić information content (AvgIpc) is 2.81. The van der Waals surface area contributed by atoms with E-state index in [1.54, 1.807) is 6.92 Å². The van der Waals surface area contributed by atoms with Crippen molar-refractivity contribution in [2.45, 2.75) is 46.6 Å². The van der Waals surface area contributed by atoms with Crippen molar-refractivity contribution >= 4 is 17.8 Å². The van der Waals surface area contributed by atoms with Gasteiger partial charge in [-0.25, -0.2) is 4.98 Å². The minimum Gasteiger partial charge on any atom is -0.493 e. The van der Waals surface area contributed by atoms with Crippen molar-refractivity contribution in [1.82, 2.24) is 10.3 Å². The minimum absolute atomic E-state index is 0.111. The highest BCUT2D eigenvalue weighted by Gasteiger charge is 2.21. The van der Waals surface area contributed by atoms with E-state index in [1.807, 2.05) is 25.1 Å². The van der Waals surface area contributed by atoms with Gasteiger partial charge in [-0.1, -0.05) is 42.8 Å². The van der Waals surface area contributed by atoms with Crippen molar-refractivity contribution in [3.05, 3.63) is 53.9 Å². The van der Waals surface area contributed by atoms with Crippen LogP contribution in [0.25, 0.3) is 0 Å². The highest BCUT2D eigenvalue weighted by Crippen LogP contribution is 2.29. The van der Waals surface area contributed by atoms with Gasteiger partial charge in [-0.2, -0.15) is 0 Å². The summed E-state index contributed by atoms with van der Waals surface area (Å²) in [5.41, 5.74) is 1.15. The quantitative estimate of drug-likeness (QED) is 0.389. The van der Waals surface area contributed by atoms with Crippen LogP contribution in [0.4, 0.5) is 0 Å². The van der Waals surface area contributed by atoms with Crippen molar-refractivity contribution in [2.75, 3.05) is 26.9 Å². The molecule has 0 saturated heterocycles. The summed E-state index contributed by atoms with van der Waals surface area (Å²) in [6.45, 7) is 7.84. The summed E-state index contributed by atoms with van der Waals surface area (Å²) >= 11 is 0. The van der Waals surface area contributed by atoms with Gasteiger partial charge in [0.2, 0.25) is 5.75 Å². The molecule has 1 amide bonds. The maximum atomic E-state index is 12.3. The summed E-state index contributed by atoms with van der Waals surface area (Å²) in [4.78, 5) is 39.3. The molecular formula is C25H34N2O7. The lowest BCUT2D eigenvalue weighted by molar-refractivity contribution is -0.147. The second-order valence-electron chi connectivity index (χ2n) is 7.32. The van der Waals surface area contributed by atoms with Crippen molar-refractivity contribution in [3.63, 3.8) is 0 Å². The zero-order chi connectivity index (χ0) is 25.3. The van der Waals surface area contributed by atoms with Gasteiger partial charge in [0.15, 0.2) is 11.4 Å². The maximum Gasteiger partial charge on any atom is 0.325 e. The monoisotopic (exact) mass is 474 g/mol. The molecule has 0 radical (unpaired) electrons. The Bertz CT molecular complexity index is 903. The molecule has 1 heterocycles. The first kappa shape index (κ1) is 28.6. The molecule has 0 fully saturated rings. The van der Waals surface area contributed by atoms with Gasteiger partial charge in [-0.05, 0) is 20.3 Å². The van der Waals surface area contributed by atoms with Crippen molar-refractivity contribution in [1.29, 1.82) is 0 Å². The van der Waals surface area contributed by atoms with E-state index in [0.29, 0.717) is 19.6 Å². The summed E-state index contributed by atoms with van der Waals surface area (Å²) in [5, 5.41) is 2.39. The van der Waals surface area contributed by atoms with E-state index >= 15 is 0 Å². The lowest BCUT2D eigenvalue weighted by atomic mass is 10.2. The molecule has 2 rings (SSSR count). The largest absolute Gasteiger partial charge is 0.493 e. The van der Waals surface area contributed by atoms with Crippen molar-refractivity contribution in [3.8, 4) is 11.5 Å². The number of rotatable bonds is 11. The molecule has 1 atom stereocenters. The number of nitrogens with zero attached hydrogens (tertiary/aromatic N) is 1. The molecule has 1 N–H and O–H groups in total. The topological polar surface area (TPSA) is 113 Å². The van der Waals surface area contributed by atoms with Gasteiger partial charge in [-0.15, -0.1) is 0 Å². The number of carbonyl (C=O) groups excluding carboxylic acids is 3. The Balaban J connectivity index is 0.000000700. The molecule has 186 valence electrons. The first-order chi connectivity index (χ1) is 16.3. The first-order valence-electron chi connectivity index (χ1n) is 11.1. The van der Waals surface area contributed by atoms with E-state index in [-0.39, 0.29) is 29.8 Å². The van der Waals surface area contributed by atoms with E-state index in [0.717, 1.165) is 6.42 Å². The molecule has 9 nitrogen and oxygen atoms in total. The van der Waals surface area contributed by atoms with Gasteiger partial charge >= 0.3 is 11.9 Å². The van der Waals surface area contributed by atoms with Gasteiger partial charge in [0.25, 0.3) is 5.91 Å². The predicted octanol–water partition coefficient (Wildman–Crippen LogP) is 3.49. The van der Waals surface area contributed by atoms with E-state index in [4.69, 9.17) is 18.9 Å². The van der Waals surface area contributed by atoms with Crippen LogP contribution in [-0.2, 0) is 19.1 Å². The number of hydrogen-bond donors (Lipinski definition) is 1. The maximum absolute atomic E-state index is 12.3. The molecule has 34 heavy (non-hydrogen) atoms. The SMILES string of the molecule is CCCOCCC(C)OC(=O)CNC(=O)c1nccc(OC)c1OC(C)=O.Cc1ccccc1. The second-order valence-corrected chi connectivity index (χ2v) is 7.32. The summed E-state index contributed by atoms with van der Waals surface area (Å²) in [5.74, 6) is -1.85. The Morgan fingerprint density at radius 2 is 1.79 bits per heavy atom. The van der Waals surface area contributed by atoms with Crippen LogP contribution in [-0.4, -0.2) is 55.8 Å². The molecule has 0 aliphatic carbocycles. The Morgan fingerprint density at radius 3 is 2.35 bits per heavy atom. The molecule has 0 spiro atoms. The number of pyridine rings is 1. The van der Waals surface area contributed by atoms with Gasteiger partial charge in [0.1, 0.15) is 12.6 Å². The lowest BCUT2D eigenvalue weighted by Crippen LogP contribution is -2.33. The number of methoxy groups -OCH3 is 1. The summed E-state index contributed by atoms with van der Waals surface area (Å²) in [6, 6.07) is 11.7. The fourth-order valence-corrected chi connectivity index (χ4v) is 2.59. The Labute approximate surface area is 200 Å². The zero-order valence-corrected chi connectivity index (χ0v) is 20.5. The number of ether oxygens (including phenoxy) is 4. The number of aromatic nitrogens is 1. The molecule has 0 saturated carbocycles. The van der Waals surface area contributed by atoms with E-state index in [1.165, 1.54) is 31.9 Å². The zero-order valence-electron chi connectivity index (χ0n) is 20.5. The number of amides is 1. The summed E-state index contributed by atoms with van der Waals surface area (Å²) in [7, 11) is 1.37. The molecule has 1 aromatic heterocycles. The fourth-order valence-electron chi connectivity index (χ4n) is 2.59. The van der Waals surface area contributed by atoms with E-state index < -0.39 is 17.8 Å². The Hall–Kier alpha value is -3.46. The number of hydrogen-bond acceptors (Lipinski definition) is 8. The van der Waals surface area contributed by atoms with E-state index in [2.05, 4.69) is 29.4 Å². The molecule has 1 unspecified atom stereocenters. The van der Waals surface area contributed by atoms with Gasteiger partial charge < -0.3 is 24.3 Å². The molecule has 9 heteroatoms. The number of nitrogens with one attached hydrogen (secondary N) is 1. The van der Waals surface area contributed by atoms with Gasteiger partial charge in [0.05, 0.1) is 13.7 Å². The fraction of sp³-hybridized carbons (Fsp3) is 0.440. The molecule has 1 aromatic carbocycles. The Kier molecular flexibility index (Phi) is 13.6. The van der Waals surface area contributed by atoms with E-state index in [9.17, 15) is 14.4 Å². The number of carbonyl (C=O) groups is 3. The molecule has 0 aliphatic rings. The van der Waals surface area contributed by atoms with Crippen LogP contribution in [0, 0.1) is 6.92 Å². The van der Waals surface area contributed by atoms with Crippen LogP contribution in [0.15, 0.2) is 42.6 Å². The minimum atomic E-state index is -0.693. The van der Waals surface area contributed by atoms with Gasteiger partial charge in [0, 0.05) is 32.2 Å². The molecule has 2 aromatic rings. The third kappa shape index (κ3) is 11.4. The predicted molar refractivity (Wildman–Crippen MR) is 127 cm³/mol. The Morgan fingerprint density at radius 1 is 1.09 bits per heavy atom. The summed E-state index contributed by atoms with van der Waals surface area (Å²) < 4.78 is 20.6. The average molecular weight is 475 g/mol. The van der Waals surface area contributed by atoms with Gasteiger partial charge in [-0.3, -0.25) is 14.4 Å². The smallest absolute Gasteiger partial charge is 0.325 e. The summed E-state index contributed by atoms with van der Waals surface area (Å²) in [6.07, 6.45) is 2.48. The second kappa shape index (κ2) is 16.2. The lowest BCUT2D eigenvalue weighted by Gasteiger charge is -2.14.